The first-order chi connectivity index (χ1) is 6.12. The molecule has 0 aliphatic rings. The van der Waals surface area contributed by atoms with Gasteiger partial charge in [-0.25, -0.2) is 0 Å². The summed E-state index contributed by atoms with van der Waals surface area (Å²) in [6.07, 6.45) is 4.60. The van der Waals surface area contributed by atoms with E-state index in [0.29, 0.717) is 0 Å². The fraction of sp³-hybridized carbons (Fsp3) is 0.714. The second kappa shape index (κ2) is 9.91. The van der Waals surface area contributed by atoms with Gasteiger partial charge in [-0.15, -0.1) is 26.7 Å². The standard InChI is InChI=1S/2C7H14.Ti/c2*1-5-6-7(2,3)4;/h2*2-3,5-6H2,1,4H3;/q2*-2;+4. The first-order valence-electron chi connectivity index (χ1n) is 5.54. The van der Waals surface area contributed by atoms with E-state index in [1.807, 2.05) is 0 Å². The largest absolute Gasteiger partial charge is 4.00 e. The molecule has 0 rings (SSSR count). The number of rotatable bonds is 4. The van der Waals surface area contributed by atoms with E-state index in [-0.39, 0.29) is 32.5 Å². The minimum absolute atomic E-state index is 0. The van der Waals surface area contributed by atoms with Crippen LogP contribution in [0.15, 0.2) is 0 Å². The quantitative estimate of drug-likeness (QED) is 0.486. The smallest absolute Gasteiger partial charge is 0.367 e. The molecule has 0 radical (unpaired) electrons. The first kappa shape index (κ1) is 21.0. The van der Waals surface area contributed by atoms with Crippen LogP contribution in [0.4, 0.5) is 0 Å². The maximum Gasteiger partial charge on any atom is 4.00 e. The van der Waals surface area contributed by atoms with Gasteiger partial charge in [0.05, 0.1) is 0 Å². The molecule has 0 unspecified atom stereocenters. The zero-order valence-corrected chi connectivity index (χ0v) is 12.7. The number of hydrogen-bond donors (Lipinski definition) is 0. The molecule has 0 atom stereocenters. The SMILES string of the molecule is [CH2-]C([CH2-])(C)CCC.[CH2-]C([CH2-])(C)CCC.[Ti+4]. The van der Waals surface area contributed by atoms with Gasteiger partial charge in [0.15, 0.2) is 0 Å². The molecule has 0 amide bonds. The van der Waals surface area contributed by atoms with Gasteiger partial charge >= 0.3 is 21.7 Å². The summed E-state index contributed by atoms with van der Waals surface area (Å²) in [6, 6.07) is 0. The average Bonchev–Trinajstić information content (AvgIpc) is 1.81. The Hall–Kier alpha value is 0.714. The summed E-state index contributed by atoms with van der Waals surface area (Å²) >= 11 is 0. The zero-order chi connectivity index (χ0) is 11.8. The minimum atomic E-state index is 0. The van der Waals surface area contributed by atoms with E-state index in [0.717, 1.165) is 12.8 Å². The van der Waals surface area contributed by atoms with Gasteiger partial charge in [-0.1, -0.05) is 26.7 Å². The van der Waals surface area contributed by atoms with Crippen LogP contribution in [0.25, 0.3) is 0 Å². The van der Waals surface area contributed by atoms with Crippen molar-refractivity contribution >= 4 is 0 Å². The van der Waals surface area contributed by atoms with Crippen molar-refractivity contribution in [3.05, 3.63) is 27.7 Å². The van der Waals surface area contributed by atoms with E-state index in [1.54, 1.807) is 0 Å². The van der Waals surface area contributed by atoms with Crippen LogP contribution in [0.1, 0.15) is 53.4 Å². The van der Waals surface area contributed by atoms with Gasteiger partial charge in [0.2, 0.25) is 0 Å². The Balaban J connectivity index is -0.000000180. The summed E-state index contributed by atoms with van der Waals surface area (Å²) in [4.78, 5) is 0. The topological polar surface area (TPSA) is 0 Å². The van der Waals surface area contributed by atoms with Crippen LogP contribution >= 0.6 is 0 Å². The molecule has 15 heavy (non-hydrogen) atoms. The van der Waals surface area contributed by atoms with E-state index >= 15 is 0 Å². The Bertz CT molecular complexity index is 98.3. The van der Waals surface area contributed by atoms with Gasteiger partial charge in [0.1, 0.15) is 0 Å². The second-order valence-corrected chi connectivity index (χ2v) is 5.12. The Labute approximate surface area is 113 Å². The van der Waals surface area contributed by atoms with Gasteiger partial charge < -0.3 is 27.7 Å². The molecule has 0 aliphatic heterocycles. The Morgan fingerprint density at radius 3 is 0.933 bits per heavy atom. The summed E-state index contributed by atoms with van der Waals surface area (Å²) in [5.74, 6) is 0. The van der Waals surface area contributed by atoms with Gasteiger partial charge in [0, 0.05) is 0 Å². The van der Waals surface area contributed by atoms with Gasteiger partial charge in [-0.3, -0.25) is 10.8 Å². The van der Waals surface area contributed by atoms with Crippen LogP contribution in [-0.4, -0.2) is 0 Å². The van der Waals surface area contributed by atoms with Crippen LogP contribution in [0.2, 0.25) is 0 Å². The van der Waals surface area contributed by atoms with E-state index in [1.165, 1.54) is 12.8 Å². The molecule has 1 heteroatoms. The van der Waals surface area contributed by atoms with Gasteiger partial charge in [0.25, 0.3) is 0 Å². The molecule has 88 valence electrons. The molecule has 0 saturated carbocycles. The van der Waals surface area contributed by atoms with Crippen LogP contribution in [0, 0.1) is 38.5 Å². The summed E-state index contributed by atoms with van der Waals surface area (Å²) in [5, 5.41) is 0. The predicted molar refractivity (Wildman–Crippen MR) is 67.5 cm³/mol. The van der Waals surface area contributed by atoms with E-state index in [4.69, 9.17) is 0 Å². The average molecular weight is 244 g/mol. The van der Waals surface area contributed by atoms with Crippen molar-refractivity contribution in [1.29, 1.82) is 0 Å². The van der Waals surface area contributed by atoms with Crippen LogP contribution in [0.3, 0.4) is 0 Å². The summed E-state index contributed by atoms with van der Waals surface area (Å²) in [7, 11) is 0. The molecule has 0 N–H and O–H groups in total. The van der Waals surface area contributed by atoms with Crippen molar-refractivity contribution in [2.75, 3.05) is 0 Å². The maximum atomic E-state index is 3.85. The molecule has 0 aromatic rings. The molecule has 0 spiro atoms. The molecule has 0 aromatic heterocycles. The van der Waals surface area contributed by atoms with Gasteiger partial charge in [-0.05, 0) is 0 Å². The molecular weight excluding hydrogens is 216 g/mol. The third-order valence-corrected chi connectivity index (χ3v) is 1.71. The van der Waals surface area contributed by atoms with E-state index in [9.17, 15) is 0 Å². The fourth-order valence-electron chi connectivity index (χ4n) is 1.21. The molecule has 0 aromatic carbocycles. The normalized spacial score (nSPS) is 11.2. The Morgan fingerprint density at radius 2 is 0.933 bits per heavy atom. The predicted octanol–water partition coefficient (Wildman–Crippen LogP) is 4.92. The maximum absolute atomic E-state index is 3.85. The van der Waals surface area contributed by atoms with Crippen molar-refractivity contribution < 1.29 is 21.7 Å². The Kier molecular flexibility index (Phi) is 13.9. The van der Waals surface area contributed by atoms with E-state index in [2.05, 4.69) is 55.4 Å². The summed E-state index contributed by atoms with van der Waals surface area (Å²) in [5.41, 5.74) is 0.101. The fourth-order valence-corrected chi connectivity index (χ4v) is 1.21. The molecule has 0 nitrogen and oxygen atoms in total. The van der Waals surface area contributed by atoms with Gasteiger partial charge in [-0.2, -0.15) is 0 Å². The Morgan fingerprint density at radius 1 is 0.733 bits per heavy atom. The molecule has 0 heterocycles. The molecule has 0 aliphatic carbocycles. The summed E-state index contributed by atoms with van der Waals surface area (Å²) in [6.45, 7) is 23.8. The van der Waals surface area contributed by atoms with Crippen LogP contribution < -0.4 is 0 Å². The second-order valence-electron chi connectivity index (χ2n) is 5.12. The summed E-state index contributed by atoms with van der Waals surface area (Å²) < 4.78 is 0. The first-order valence-corrected chi connectivity index (χ1v) is 5.54. The van der Waals surface area contributed by atoms with Crippen molar-refractivity contribution in [2.24, 2.45) is 10.8 Å². The molecular formula is C14H28Ti. The van der Waals surface area contributed by atoms with Crippen molar-refractivity contribution in [1.82, 2.24) is 0 Å². The van der Waals surface area contributed by atoms with Crippen LogP contribution in [-0.2, 0) is 21.7 Å². The zero-order valence-electron chi connectivity index (χ0n) is 11.2. The molecule has 0 saturated heterocycles. The molecule has 0 fully saturated rings. The third-order valence-electron chi connectivity index (χ3n) is 1.71. The number of hydrogen-bond acceptors (Lipinski definition) is 0. The van der Waals surface area contributed by atoms with Crippen molar-refractivity contribution in [2.45, 2.75) is 53.4 Å². The minimum Gasteiger partial charge on any atom is -0.367 e. The van der Waals surface area contributed by atoms with Crippen LogP contribution in [0.5, 0.6) is 0 Å². The van der Waals surface area contributed by atoms with Crippen molar-refractivity contribution in [3.8, 4) is 0 Å². The third kappa shape index (κ3) is 31.3. The van der Waals surface area contributed by atoms with Crippen molar-refractivity contribution in [3.63, 3.8) is 0 Å². The molecule has 0 bridgehead atoms. The monoisotopic (exact) mass is 244 g/mol. The van der Waals surface area contributed by atoms with E-state index < -0.39 is 0 Å².